The van der Waals surface area contributed by atoms with E-state index < -0.39 is 12.7 Å². The molecule has 9 heteroatoms. The predicted octanol–water partition coefficient (Wildman–Crippen LogP) is 4.73. The van der Waals surface area contributed by atoms with Gasteiger partial charge in [0.25, 0.3) is 0 Å². The zero-order chi connectivity index (χ0) is 19.0. The number of anilines is 1. The molecule has 3 aromatic rings. The minimum absolute atomic E-state index is 0.0675. The Morgan fingerprint density at radius 3 is 2.67 bits per heavy atom. The quantitative estimate of drug-likeness (QED) is 0.697. The smallest absolute Gasteiger partial charge is 0.387 e. The molecule has 0 unspecified atom stereocenters. The first-order valence-corrected chi connectivity index (χ1v) is 8.27. The van der Waals surface area contributed by atoms with Crippen molar-refractivity contribution >= 4 is 23.2 Å². The number of aromatic nitrogens is 3. The molecular weight excluding hydrogens is 381 g/mol. The highest BCUT2D eigenvalue weighted by atomic mass is 35.5. The van der Waals surface area contributed by atoms with Crippen LogP contribution in [0.25, 0.3) is 5.70 Å². The van der Waals surface area contributed by atoms with E-state index in [0.717, 1.165) is 5.56 Å². The molecule has 0 fully saturated rings. The molecule has 1 atom stereocenters. The molecule has 1 aromatic heterocycles. The van der Waals surface area contributed by atoms with Crippen LogP contribution in [0, 0.1) is 5.82 Å². The molecule has 0 radical (unpaired) electrons. The highest BCUT2D eigenvalue weighted by Crippen LogP contribution is 2.36. The van der Waals surface area contributed by atoms with Crippen molar-refractivity contribution in [3.8, 4) is 5.75 Å². The molecule has 2 aromatic carbocycles. The average molecular weight is 393 g/mol. The summed E-state index contributed by atoms with van der Waals surface area (Å²) in [6.07, 6.45) is 3.14. The maximum atomic E-state index is 13.3. The fraction of sp³-hybridized carbons (Fsp3) is 0.111. The predicted molar refractivity (Wildman–Crippen MR) is 94.2 cm³/mol. The summed E-state index contributed by atoms with van der Waals surface area (Å²) in [5.74, 6) is -0.0112. The molecule has 0 bridgehead atoms. The lowest BCUT2D eigenvalue weighted by Crippen LogP contribution is -2.20. The maximum Gasteiger partial charge on any atom is 0.387 e. The van der Waals surface area contributed by atoms with Gasteiger partial charge in [0.2, 0.25) is 5.95 Å². The molecule has 1 aliphatic rings. The number of alkyl halides is 2. The summed E-state index contributed by atoms with van der Waals surface area (Å²) >= 11 is 5.92. The van der Waals surface area contributed by atoms with Crippen LogP contribution in [0.2, 0.25) is 5.02 Å². The highest BCUT2D eigenvalue weighted by Gasteiger charge is 2.25. The lowest BCUT2D eigenvalue weighted by molar-refractivity contribution is -0.0500. The van der Waals surface area contributed by atoms with E-state index in [1.165, 1.54) is 24.5 Å². The van der Waals surface area contributed by atoms with E-state index in [0.29, 0.717) is 17.2 Å². The molecule has 1 aliphatic heterocycles. The number of hydrogen-bond acceptors (Lipinski definition) is 4. The van der Waals surface area contributed by atoms with Crippen molar-refractivity contribution in [2.45, 2.75) is 12.7 Å². The van der Waals surface area contributed by atoms with E-state index in [-0.39, 0.29) is 16.6 Å². The fourth-order valence-corrected chi connectivity index (χ4v) is 3.06. The minimum atomic E-state index is -3.00. The van der Waals surface area contributed by atoms with Crippen LogP contribution in [-0.2, 0) is 0 Å². The van der Waals surface area contributed by atoms with Gasteiger partial charge in [-0.05, 0) is 42.0 Å². The molecule has 4 rings (SSSR count). The van der Waals surface area contributed by atoms with E-state index in [1.54, 1.807) is 35.0 Å². The normalized spacial score (nSPS) is 15.9. The van der Waals surface area contributed by atoms with Gasteiger partial charge in [-0.15, -0.1) is 0 Å². The van der Waals surface area contributed by atoms with E-state index in [9.17, 15) is 13.2 Å². The fourth-order valence-electron chi connectivity index (χ4n) is 2.90. The standard InChI is InChI=1S/C18H12ClF3N4O/c19-11-3-6-13(16(7-11)27-17(21)22)14-8-15(10-1-4-12(20)5-2-10)26-18(25-14)23-9-24-26/h1-9,15,17H,(H,23,24,25)/t15-/m0/s1. The Kier molecular flexibility index (Phi) is 4.49. The largest absolute Gasteiger partial charge is 0.434 e. The molecule has 0 saturated heterocycles. The number of nitrogens with one attached hydrogen (secondary N) is 1. The van der Waals surface area contributed by atoms with Crippen LogP contribution >= 0.6 is 11.6 Å². The molecule has 1 N–H and O–H groups in total. The number of halogens is 4. The van der Waals surface area contributed by atoms with Crippen molar-refractivity contribution in [1.29, 1.82) is 0 Å². The zero-order valence-electron chi connectivity index (χ0n) is 13.6. The second-order valence-corrected chi connectivity index (χ2v) is 6.19. The Balaban J connectivity index is 1.81. The van der Waals surface area contributed by atoms with Crippen molar-refractivity contribution in [3.05, 3.63) is 76.8 Å². The van der Waals surface area contributed by atoms with Crippen LogP contribution in [0.4, 0.5) is 19.1 Å². The summed E-state index contributed by atoms with van der Waals surface area (Å²) in [4.78, 5) is 4.14. The van der Waals surface area contributed by atoms with Crippen LogP contribution in [0.1, 0.15) is 17.2 Å². The Hall–Kier alpha value is -3.00. The van der Waals surface area contributed by atoms with Crippen LogP contribution in [0.5, 0.6) is 5.75 Å². The summed E-state index contributed by atoms with van der Waals surface area (Å²) in [7, 11) is 0. The first-order valence-electron chi connectivity index (χ1n) is 7.90. The summed E-state index contributed by atoms with van der Waals surface area (Å²) in [5, 5.41) is 7.50. The van der Waals surface area contributed by atoms with Gasteiger partial charge < -0.3 is 10.1 Å². The second-order valence-electron chi connectivity index (χ2n) is 5.75. The van der Waals surface area contributed by atoms with Gasteiger partial charge in [-0.1, -0.05) is 23.7 Å². The number of benzene rings is 2. The number of ether oxygens (including phenoxy) is 1. The van der Waals surface area contributed by atoms with E-state index in [4.69, 9.17) is 11.6 Å². The van der Waals surface area contributed by atoms with Crippen molar-refractivity contribution in [1.82, 2.24) is 14.8 Å². The highest BCUT2D eigenvalue weighted by molar-refractivity contribution is 6.30. The molecule has 0 aliphatic carbocycles. The van der Waals surface area contributed by atoms with Gasteiger partial charge >= 0.3 is 6.61 Å². The topological polar surface area (TPSA) is 52.0 Å². The monoisotopic (exact) mass is 392 g/mol. The van der Waals surface area contributed by atoms with Gasteiger partial charge in [0, 0.05) is 10.6 Å². The lowest BCUT2D eigenvalue weighted by atomic mass is 10.0. The van der Waals surface area contributed by atoms with Gasteiger partial charge in [0.1, 0.15) is 23.9 Å². The molecular formula is C18H12ClF3N4O. The van der Waals surface area contributed by atoms with Crippen LogP contribution in [-0.4, -0.2) is 21.4 Å². The van der Waals surface area contributed by atoms with Crippen LogP contribution in [0.3, 0.4) is 0 Å². The van der Waals surface area contributed by atoms with Gasteiger partial charge in [-0.2, -0.15) is 18.9 Å². The third kappa shape index (κ3) is 3.48. The lowest BCUT2D eigenvalue weighted by Gasteiger charge is -2.25. The summed E-state index contributed by atoms with van der Waals surface area (Å²) in [6.45, 7) is -3.00. The molecule has 0 spiro atoms. The van der Waals surface area contributed by atoms with Crippen molar-refractivity contribution in [2.75, 3.05) is 5.32 Å². The van der Waals surface area contributed by atoms with Crippen molar-refractivity contribution in [2.24, 2.45) is 0 Å². The molecule has 2 heterocycles. The minimum Gasteiger partial charge on any atom is -0.434 e. The number of fused-ring (bicyclic) bond motifs is 1. The van der Waals surface area contributed by atoms with Gasteiger partial charge in [-0.3, -0.25) is 0 Å². The SMILES string of the molecule is Fc1ccc([C@@H]2C=C(c3ccc(Cl)cc3OC(F)F)Nc3ncnn32)cc1. The Morgan fingerprint density at radius 1 is 1.15 bits per heavy atom. The number of nitrogens with zero attached hydrogens (tertiary/aromatic N) is 3. The third-order valence-electron chi connectivity index (χ3n) is 4.07. The van der Waals surface area contributed by atoms with Crippen LogP contribution < -0.4 is 10.1 Å². The average Bonchev–Trinajstić information content (AvgIpc) is 3.10. The van der Waals surface area contributed by atoms with Crippen molar-refractivity contribution in [3.63, 3.8) is 0 Å². The number of allylic oxidation sites excluding steroid dienone is 1. The molecule has 0 amide bonds. The van der Waals surface area contributed by atoms with Gasteiger partial charge in [0.05, 0.1) is 5.70 Å². The molecule has 138 valence electrons. The number of rotatable bonds is 4. The Morgan fingerprint density at radius 2 is 1.93 bits per heavy atom. The Bertz CT molecular complexity index is 1000. The summed E-state index contributed by atoms with van der Waals surface area (Å²) in [6, 6.07) is 10.0. The number of hydrogen-bond donors (Lipinski definition) is 1. The maximum absolute atomic E-state index is 13.3. The Labute approximate surface area is 157 Å². The van der Waals surface area contributed by atoms with E-state index in [2.05, 4.69) is 20.1 Å². The van der Waals surface area contributed by atoms with Gasteiger partial charge in [0.15, 0.2) is 0 Å². The first-order chi connectivity index (χ1) is 13.0. The van der Waals surface area contributed by atoms with E-state index in [1.807, 2.05) is 0 Å². The zero-order valence-corrected chi connectivity index (χ0v) is 14.4. The van der Waals surface area contributed by atoms with Crippen LogP contribution in [0.15, 0.2) is 54.9 Å². The summed E-state index contributed by atoms with van der Waals surface area (Å²) < 4.78 is 45.1. The van der Waals surface area contributed by atoms with Gasteiger partial charge in [-0.25, -0.2) is 9.07 Å². The molecule has 27 heavy (non-hydrogen) atoms. The van der Waals surface area contributed by atoms with Crippen molar-refractivity contribution < 1.29 is 17.9 Å². The third-order valence-corrected chi connectivity index (χ3v) is 4.30. The molecule has 5 nitrogen and oxygen atoms in total. The second kappa shape index (κ2) is 6.96. The summed E-state index contributed by atoms with van der Waals surface area (Å²) in [5.41, 5.74) is 1.64. The van der Waals surface area contributed by atoms with E-state index >= 15 is 0 Å². The molecule has 0 saturated carbocycles. The first kappa shape index (κ1) is 17.4.